The molecule has 2 aliphatic rings. The first-order valence-electron chi connectivity index (χ1n) is 19.7. The number of nitrogens with zero attached hydrogens (tertiary/aromatic N) is 2. The van der Waals surface area contributed by atoms with Crippen molar-refractivity contribution < 1.29 is 0 Å². The molecule has 0 fully saturated rings. The van der Waals surface area contributed by atoms with Crippen LogP contribution in [0.3, 0.4) is 0 Å². The van der Waals surface area contributed by atoms with Crippen LogP contribution in [0.15, 0.2) is 194 Å². The first-order valence-corrected chi connectivity index (χ1v) is 19.7. The van der Waals surface area contributed by atoms with Gasteiger partial charge in [-0.05, 0) is 113 Å². The van der Waals surface area contributed by atoms with Crippen molar-refractivity contribution in [3.63, 3.8) is 0 Å². The number of allylic oxidation sites excluding steroid dienone is 8. The number of hydrogen-bond donors (Lipinski definition) is 0. The van der Waals surface area contributed by atoms with E-state index in [1.165, 1.54) is 87.4 Å². The van der Waals surface area contributed by atoms with Gasteiger partial charge in [-0.15, -0.1) is 0 Å². The average Bonchev–Trinajstić information content (AvgIpc) is 3.66. The molecule has 0 aliphatic heterocycles. The van der Waals surface area contributed by atoms with Crippen LogP contribution in [0.1, 0.15) is 12.5 Å². The molecule has 10 aromatic rings. The van der Waals surface area contributed by atoms with E-state index in [2.05, 4.69) is 199 Å². The predicted molar refractivity (Wildman–Crippen MR) is 238 cm³/mol. The lowest BCUT2D eigenvalue weighted by molar-refractivity contribution is 0.601. The van der Waals surface area contributed by atoms with E-state index >= 15 is 0 Å². The van der Waals surface area contributed by atoms with Crippen LogP contribution in [0.5, 0.6) is 0 Å². The van der Waals surface area contributed by atoms with Gasteiger partial charge < -0.3 is 0 Å². The number of para-hydroxylation sites is 2. The number of fused-ring (bicyclic) bond motifs is 12. The Hall–Kier alpha value is -7.03. The zero-order valence-corrected chi connectivity index (χ0v) is 30.9. The molecule has 0 N–H and O–H groups in total. The molecule has 2 aromatic heterocycles. The SMILES string of the molecule is CC1C(c2c3ccccc3c(-c3ccc4ccccc4c3)c3cc(-c4ccc5c6ccccc6c6nc7ccccc7n6c5c4)ccc23)=CC=C2C=CC=CC21. The molecule has 262 valence electrons. The molecule has 0 spiro atoms. The molecule has 2 heteroatoms. The van der Waals surface area contributed by atoms with Gasteiger partial charge in [0, 0.05) is 16.7 Å². The average molecular weight is 713 g/mol. The fourth-order valence-electron chi connectivity index (χ4n) is 9.85. The van der Waals surface area contributed by atoms with Gasteiger partial charge in [0.2, 0.25) is 0 Å². The minimum absolute atomic E-state index is 0.330. The topological polar surface area (TPSA) is 17.3 Å². The molecule has 0 saturated carbocycles. The molecule has 2 aliphatic carbocycles. The summed E-state index contributed by atoms with van der Waals surface area (Å²) in [6.45, 7) is 2.40. The van der Waals surface area contributed by atoms with Gasteiger partial charge in [0.05, 0.1) is 16.6 Å². The minimum Gasteiger partial charge on any atom is -0.292 e. The molecule has 2 atom stereocenters. The third-order valence-corrected chi connectivity index (χ3v) is 12.5. The minimum atomic E-state index is 0.330. The first-order chi connectivity index (χ1) is 27.7. The van der Waals surface area contributed by atoms with Crippen molar-refractivity contribution in [2.24, 2.45) is 11.8 Å². The summed E-state index contributed by atoms with van der Waals surface area (Å²) >= 11 is 0. The molecule has 12 rings (SSSR count). The van der Waals surface area contributed by atoms with Crippen molar-refractivity contribution in [1.29, 1.82) is 0 Å². The summed E-state index contributed by atoms with van der Waals surface area (Å²) in [5.41, 5.74) is 13.3. The fourth-order valence-corrected chi connectivity index (χ4v) is 9.85. The number of hydrogen-bond acceptors (Lipinski definition) is 1. The van der Waals surface area contributed by atoms with E-state index in [4.69, 9.17) is 4.98 Å². The quantitative estimate of drug-likeness (QED) is 0.132. The Labute approximate surface area is 324 Å². The van der Waals surface area contributed by atoms with Crippen LogP contribution in [0.2, 0.25) is 0 Å². The van der Waals surface area contributed by atoms with Gasteiger partial charge in [0.1, 0.15) is 5.65 Å². The molecule has 8 aromatic carbocycles. The van der Waals surface area contributed by atoms with E-state index in [1.807, 2.05) is 0 Å². The molecule has 2 unspecified atom stereocenters. The van der Waals surface area contributed by atoms with Gasteiger partial charge in [0.15, 0.2) is 0 Å². The predicted octanol–water partition coefficient (Wildman–Crippen LogP) is 14.3. The van der Waals surface area contributed by atoms with E-state index in [1.54, 1.807) is 0 Å². The highest BCUT2D eigenvalue weighted by molar-refractivity contribution is 6.20. The smallest absolute Gasteiger partial charge is 0.146 e. The first kappa shape index (κ1) is 31.3. The zero-order valence-electron chi connectivity index (χ0n) is 30.9. The van der Waals surface area contributed by atoms with Crippen LogP contribution >= 0.6 is 0 Å². The van der Waals surface area contributed by atoms with Gasteiger partial charge >= 0.3 is 0 Å². The maximum atomic E-state index is 5.16. The van der Waals surface area contributed by atoms with Gasteiger partial charge in [-0.1, -0.05) is 165 Å². The Balaban J connectivity index is 1.17. The van der Waals surface area contributed by atoms with Crippen LogP contribution in [-0.2, 0) is 0 Å². The van der Waals surface area contributed by atoms with Gasteiger partial charge in [-0.2, -0.15) is 0 Å². The number of benzene rings is 8. The lowest BCUT2D eigenvalue weighted by Crippen LogP contribution is -2.17. The highest BCUT2D eigenvalue weighted by Crippen LogP contribution is 2.48. The van der Waals surface area contributed by atoms with E-state index in [0.29, 0.717) is 11.8 Å². The number of aromatic nitrogens is 2. The summed E-state index contributed by atoms with van der Waals surface area (Å²) in [5, 5.41) is 11.3. The van der Waals surface area contributed by atoms with Crippen molar-refractivity contribution in [2.75, 3.05) is 0 Å². The molecule has 0 bridgehead atoms. The Kier molecular flexibility index (Phi) is 6.71. The number of imidazole rings is 1. The van der Waals surface area contributed by atoms with Crippen molar-refractivity contribution in [2.45, 2.75) is 6.92 Å². The molecule has 56 heavy (non-hydrogen) atoms. The highest BCUT2D eigenvalue weighted by Gasteiger charge is 2.29. The van der Waals surface area contributed by atoms with Crippen molar-refractivity contribution in [3.8, 4) is 22.3 Å². The zero-order chi connectivity index (χ0) is 36.9. The van der Waals surface area contributed by atoms with Crippen LogP contribution < -0.4 is 0 Å². The normalized spacial score (nSPS) is 16.7. The molecule has 0 saturated heterocycles. The molecule has 0 amide bonds. The van der Waals surface area contributed by atoms with Gasteiger partial charge in [0.25, 0.3) is 0 Å². The molecular formula is C54H36N2. The Morgan fingerprint density at radius 1 is 0.482 bits per heavy atom. The largest absolute Gasteiger partial charge is 0.292 e. The number of pyridine rings is 1. The summed E-state index contributed by atoms with van der Waals surface area (Å²) in [4.78, 5) is 5.16. The van der Waals surface area contributed by atoms with Crippen LogP contribution in [0.4, 0.5) is 0 Å². The summed E-state index contributed by atoms with van der Waals surface area (Å²) in [5.74, 6) is 0.690. The lowest BCUT2D eigenvalue weighted by Gasteiger charge is -2.31. The standard InChI is InChI=1S/C54H36N2/c1-33-40-15-5-4-13-35(40)24-27-41(33)53-45-18-8-7-17-44(45)52(39-23-22-34-12-2-3-14-36(34)30-39)48-31-37(26-29-46(48)53)38-25-28-43-42-16-6-9-19-47(42)54-55-49-20-10-11-21-50(49)56(54)51(43)32-38/h2-33,40H,1H3. The maximum Gasteiger partial charge on any atom is 0.146 e. The van der Waals surface area contributed by atoms with E-state index in [0.717, 1.165) is 22.2 Å². The summed E-state index contributed by atoms with van der Waals surface area (Å²) in [7, 11) is 0. The van der Waals surface area contributed by atoms with E-state index in [-0.39, 0.29) is 0 Å². The summed E-state index contributed by atoms with van der Waals surface area (Å²) in [6.07, 6.45) is 13.7. The number of rotatable bonds is 3. The Morgan fingerprint density at radius 3 is 2.04 bits per heavy atom. The third kappa shape index (κ3) is 4.53. The maximum absolute atomic E-state index is 5.16. The fraction of sp³-hybridized carbons (Fsp3) is 0.0556. The molecular weight excluding hydrogens is 677 g/mol. The second-order valence-electron chi connectivity index (χ2n) is 15.5. The second kappa shape index (κ2) is 12.0. The van der Waals surface area contributed by atoms with E-state index in [9.17, 15) is 0 Å². The molecule has 2 heterocycles. The second-order valence-corrected chi connectivity index (χ2v) is 15.5. The van der Waals surface area contributed by atoms with Crippen molar-refractivity contribution in [3.05, 3.63) is 199 Å². The Morgan fingerprint density at radius 2 is 1.16 bits per heavy atom. The molecule has 2 nitrogen and oxygen atoms in total. The van der Waals surface area contributed by atoms with Crippen LogP contribution in [0, 0.1) is 11.8 Å². The summed E-state index contributed by atoms with van der Waals surface area (Å²) in [6, 6.07) is 56.1. The van der Waals surface area contributed by atoms with Crippen LogP contribution in [-0.4, -0.2) is 9.38 Å². The highest BCUT2D eigenvalue weighted by atomic mass is 15.0. The summed E-state index contributed by atoms with van der Waals surface area (Å²) < 4.78 is 2.36. The van der Waals surface area contributed by atoms with Crippen molar-refractivity contribution >= 4 is 76.2 Å². The van der Waals surface area contributed by atoms with E-state index < -0.39 is 0 Å². The van der Waals surface area contributed by atoms with Gasteiger partial charge in [-0.3, -0.25) is 4.40 Å². The van der Waals surface area contributed by atoms with Gasteiger partial charge in [-0.25, -0.2) is 4.98 Å². The third-order valence-electron chi connectivity index (χ3n) is 12.5. The molecule has 0 radical (unpaired) electrons. The van der Waals surface area contributed by atoms with Crippen molar-refractivity contribution in [1.82, 2.24) is 9.38 Å². The Bertz CT molecular complexity index is 3440. The van der Waals surface area contributed by atoms with Crippen LogP contribution in [0.25, 0.3) is 98.5 Å². The lowest BCUT2D eigenvalue weighted by atomic mass is 9.72. The monoisotopic (exact) mass is 712 g/mol.